The number of hydrogen-bond acceptors (Lipinski definition) is 2. The van der Waals surface area contributed by atoms with Crippen LogP contribution in [0.1, 0.15) is 57.4 Å². The number of ether oxygens (including phenoxy) is 1. The topological polar surface area (TPSA) is 9.23 Å². The van der Waals surface area contributed by atoms with Crippen LogP contribution in [0.15, 0.2) is 36.4 Å². The van der Waals surface area contributed by atoms with E-state index < -0.39 is 0 Å². The zero-order valence-electron chi connectivity index (χ0n) is 13.5. The van der Waals surface area contributed by atoms with Crippen molar-refractivity contribution in [2.24, 2.45) is 0 Å². The largest absolute Gasteiger partial charge is 0.493 e. The summed E-state index contributed by atoms with van der Waals surface area (Å²) in [6.45, 7) is 2.99. The summed E-state index contributed by atoms with van der Waals surface area (Å²) in [7, 11) is 0. The normalized spacial score (nSPS) is 17.5. The molecule has 0 atom stereocenters. The van der Waals surface area contributed by atoms with Gasteiger partial charge in [0, 0.05) is 10.1 Å². The minimum Gasteiger partial charge on any atom is -0.493 e. The molecule has 1 aliphatic carbocycles. The molecule has 1 saturated carbocycles. The van der Waals surface area contributed by atoms with Gasteiger partial charge in [-0.15, -0.1) is 0 Å². The summed E-state index contributed by atoms with van der Waals surface area (Å²) in [5, 5.41) is 2.54. The van der Waals surface area contributed by atoms with Crippen LogP contribution in [-0.2, 0) is 4.75 Å². The molecule has 0 bridgehead atoms. The zero-order valence-corrected chi connectivity index (χ0v) is 14.4. The van der Waals surface area contributed by atoms with Crippen LogP contribution >= 0.6 is 12.6 Å². The number of rotatable bonds is 5. The van der Waals surface area contributed by atoms with E-state index in [0.29, 0.717) is 0 Å². The molecule has 1 nitrogen and oxygen atoms in total. The fourth-order valence-electron chi connectivity index (χ4n) is 3.54. The molecule has 0 heterocycles. The van der Waals surface area contributed by atoms with Gasteiger partial charge in [0.15, 0.2) is 0 Å². The summed E-state index contributed by atoms with van der Waals surface area (Å²) in [4.78, 5) is 0. The van der Waals surface area contributed by atoms with E-state index in [4.69, 9.17) is 17.4 Å². The Morgan fingerprint density at radius 1 is 1.00 bits per heavy atom. The van der Waals surface area contributed by atoms with Crippen molar-refractivity contribution >= 4 is 23.4 Å². The highest BCUT2D eigenvalue weighted by Gasteiger charge is 2.31. The third-order valence-corrected chi connectivity index (χ3v) is 5.51. The van der Waals surface area contributed by atoms with Gasteiger partial charge in [0.2, 0.25) is 0 Å². The van der Waals surface area contributed by atoms with Crippen LogP contribution in [0.4, 0.5) is 0 Å². The molecule has 2 heteroatoms. The molecule has 1 fully saturated rings. The van der Waals surface area contributed by atoms with Crippen LogP contribution in [0.25, 0.3) is 10.8 Å². The maximum Gasteiger partial charge on any atom is 0.127 e. The van der Waals surface area contributed by atoms with Gasteiger partial charge in [0.25, 0.3) is 0 Å². The van der Waals surface area contributed by atoms with Crippen LogP contribution in [0.3, 0.4) is 0 Å². The third kappa shape index (κ3) is 3.12. The summed E-state index contributed by atoms with van der Waals surface area (Å²) >= 11 is 5.09. The molecule has 3 rings (SSSR count). The SMILES string of the molecule is CCCCOc1ccc(C2(S)CCCCC2)c2ccccc12. The van der Waals surface area contributed by atoms with Crippen molar-refractivity contribution < 1.29 is 4.74 Å². The van der Waals surface area contributed by atoms with Crippen molar-refractivity contribution in [3.05, 3.63) is 42.0 Å². The first-order valence-electron chi connectivity index (χ1n) is 8.62. The van der Waals surface area contributed by atoms with E-state index in [2.05, 4.69) is 43.3 Å². The van der Waals surface area contributed by atoms with E-state index in [9.17, 15) is 0 Å². The molecule has 0 saturated heterocycles. The second-order valence-corrected chi connectivity index (χ2v) is 7.31. The molecule has 0 N–H and O–H groups in total. The van der Waals surface area contributed by atoms with E-state index in [1.54, 1.807) is 0 Å². The minimum absolute atomic E-state index is 0.0276. The van der Waals surface area contributed by atoms with Crippen LogP contribution in [0.2, 0.25) is 0 Å². The molecular weight excluding hydrogens is 288 g/mol. The van der Waals surface area contributed by atoms with Crippen LogP contribution in [0.5, 0.6) is 5.75 Å². The number of hydrogen-bond donors (Lipinski definition) is 1. The summed E-state index contributed by atoms with van der Waals surface area (Å²) in [5.41, 5.74) is 1.38. The van der Waals surface area contributed by atoms with Crippen molar-refractivity contribution in [3.63, 3.8) is 0 Å². The van der Waals surface area contributed by atoms with Gasteiger partial charge in [-0.05, 0) is 36.3 Å². The molecule has 2 aromatic rings. The average molecular weight is 314 g/mol. The van der Waals surface area contributed by atoms with Crippen LogP contribution in [-0.4, -0.2) is 6.61 Å². The number of benzene rings is 2. The van der Waals surface area contributed by atoms with Crippen molar-refractivity contribution in [2.75, 3.05) is 6.61 Å². The molecule has 0 spiro atoms. The molecule has 0 radical (unpaired) electrons. The quantitative estimate of drug-likeness (QED) is 0.517. The van der Waals surface area contributed by atoms with Crippen LogP contribution < -0.4 is 4.74 Å². The smallest absolute Gasteiger partial charge is 0.127 e. The van der Waals surface area contributed by atoms with Gasteiger partial charge in [-0.1, -0.05) is 62.9 Å². The third-order valence-electron chi connectivity index (χ3n) is 4.82. The van der Waals surface area contributed by atoms with E-state index in [0.717, 1.165) is 25.2 Å². The highest BCUT2D eigenvalue weighted by Crippen LogP contribution is 2.46. The number of unbranched alkanes of at least 4 members (excludes halogenated alkanes) is 1. The Bertz CT molecular complexity index is 629. The van der Waals surface area contributed by atoms with Crippen molar-refractivity contribution in [3.8, 4) is 5.75 Å². The van der Waals surface area contributed by atoms with Gasteiger partial charge in [-0.2, -0.15) is 12.6 Å². The lowest BCUT2D eigenvalue weighted by atomic mass is 9.81. The lowest BCUT2D eigenvalue weighted by Gasteiger charge is -2.34. The maximum atomic E-state index is 6.01. The predicted octanol–water partition coefficient (Wildman–Crippen LogP) is 6.11. The van der Waals surface area contributed by atoms with Gasteiger partial charge in [-0.3, -0.25) is 0 Å². The lowest BCUT2D eigenvalue weighted by molar-refractivity contribution is 0.313. The first-order valence-corrected chi connectivity index (χ1v) is 9.07. The molecular formula is C20H26OS. The van der Waals surface area contributed by atoms with Crippen molar-refractivity contribution in [2.45, 2.75) is 56.6 Å². The van der Waals surface area contributed by atoms with E-state index in [1.165, 1.54) is 48.4 Å². The number of fused-ring (bicyclic) bond motifs is 1. The first-order chi connectivity index (χ1) is 10.7. The Balaban J connectivity index is 2.00. The van der Waals surface area contributed by atoms with Gasteiger partial charge in [0.1, 0.15) is 5.75 Å². The Kier molecular flexibility index (Phi) is 4.97. The Morgan fingerprint density at radius 2 is 1.73 bits per heavy atom. The summed E-state index contributed by atoms with van der Waals surface area (Å²) in [6.07, 6.45) is 8.53. The highest BCUT2D eigenvalue weighted by atomic mass is 32.1. The fourth-order valence-corrected chi connectivity index (χ4v) is 4.05. The maximum absolute atomic E-state index is 6.01. The van der Waals surface area contributed by atoms with Crippen molar-refractivity contribution in [1.29, 1.82) is 0 Å². The molecule has 1 aliphatic rings. The van der Waals surface area contributed by atoms with Gasteiger partial charge < -0.3 is 4.74 Å². The summed E-state index contributed by atoms with van der Waals surface area (Å²) in [5.74, 6) is 1.01. The van der Waals surface area contributed by atoms with Gasteiger partial charge >= 0.3 is 0 Å². The summed E-state index contributed by atoms with van der Waals surface area (Å²) in [6, 6.07) is 13.0. The molecule has 22 heavy (non-hydrogen) atoms. The average Bonchev–Trinajstić information content (AvgIpc) is 2.55. The van der Waals surface area contributed by atoms with Gasteiger partial charge in [-0.25, -0.2) is 0 Å². The molecule has 118 valence electrons. The van der Waals surface area contributed by atoms with Crippen LogP contribution in [0, 0.1) is 0 Å². The minimum atomic E-state index is 0.0276. The summed E-state index contributed by atoms with van der Waals surface area (Å²) < 4.78 is 6.04. The predicted molar refractivity (Wildman–Crippen MR) is 98.1 cm³/mol. The first kappa shape index (κ1) is 15.7. The molecule has 0 aliphatic heterocycles. The Hall–Kier alpha value is -1.15. The van der Waals surface area contributed by atoms with Gasteiger partial charge in [0.05, 0.1) is 6.61 Å². The van der Waals surface area contributed by atoms with E-state index in [1.807, 2.05) is 0 Å². The highest BCUT2D eigenvalue weighted by molar-refractivity contribution is 7.81. The molecule has 0 aromatic heterocycles. The van der Waals surface area contributed by atoms with E-state index >= 15 is 0 Å². The molecule has 2 aromatic carbocycles. The zero-order chi connectivity index (χ0) is 15.4. The standard InChI is InChI=1S/C20H26OS/c1-2-3-15-21-19-12-11-18(16-9-5-6-10-17(16)19)20(22)13-7-4-8-14-20/h5-6,9-12,22H,2-4,7-8,13-15H2,1H3. The Morgan fingerprint density at radius 3 is 2.45 bits per heavy atom. The number of thiol groups is 1. The monoisotopic (exact) mass is 314 g/mol. The molecule has 0 unspecified atom stereocenters. The lowest BCUT2D eigenvalue weighted by Crippen LogP contribution is -2.22. The second kappa shape index (κ2) is 6.95. The second-order valence-electron chi connectivity index (χ2n) is 6.45. The molecule has 0 amide bonds. The van der Waals surface area contributed by atoms with Crippen molar-refractivity contribution in [1.82, 2.24) is 0 Å². The Labute approximate surface area is 139 Å². The fraction of sp³-hybridized carbons (Fsp3) is 0.500. The van der Waals surface area contributed by atoms with E-state index in [-0.39, 0.29) is 4.75 Å².